The summed E-state index contributed by atoms with van der Waals surface area (Å²) >= 11 is 5.78. The molecule has 1 aromatic carbocycles. The van der Waals surface area contributed by atoms with E-state index in [4.69, 9.17) is 16.0 Å². The summed E-state index contributed by atoms with van der Waals surface area (Å²) in [6.45, 7) is 0.710. The van der Waals surface area contributed by atoms with Crippen molar-refractivity contribution in [3.63, 3.8) is 0 Å². The summed E-state index contributed by atoms with van der Waals surface area (Å²) < 4.78 is 4.81. The fourth-order valence-corrected chi connectivity index (χ4v) is 1.80. The zero-order valence-electron chi connectivity index (χ0n) is 11.3. The zero-order chi connectivity index (χ0) is 15.1. The van der Waals surface area contributed by atoms with Gasteiger partial charge in [0.05, 0.1) is 11.8 Å². The number of carbonyl (C=O) groups is 2. The number of rotatable bonds is 6. The molecule has 0 aliphatic carbocycles. The van der Waals surface area contributed by atoms with Crippen LogP contribution < -0.4 is 10.6 Å². The molecule has 1 aromatic heterocycles. The van der Waals surface area contributed by atoms with E-state index in [1.165, 1.54) is 12.5 Å². The minimum atomic E-state index is -0.255. The number of carbonyl (C=O) groups excluding carboxylic acids is 2. The highest BCUT2D eigenvalue weighted by Gasteiger charge is 2.07. The van der Waals surface area contributed by atoms with Gasteiger partial charge in [-0.25, -0.2) is 0 Å². The molecule has 6 heteroatoms. The van der Waals surface area contributed by atoms with Crippen molar-refractivity contribution in [3.8, 4) is 0 Å². The molecule has 0 aliphatic rings. The Kier molecular flexibility index (Phi) is 5.40. The van der Waals surface area contributed by atoms with Crippen LogP contribution in [0, 0.1) is 0 Å². The normalized spacial score (nSPS) is 10.1. The molecule has 1 heterocycles. The average molecular weight is 307 g/mol. The molecule has 0 fully saturated rings. The van der Waals surface area contributed by atoms with Crippen LogP contribution in [0.3, 0.4) is 0 Å². The molecule has 5 nitrogen and oxygen atoms in total. The van der Waals surface area contributed by atoms with Crippen molar-refractivity contribution < 1.29 is 14.0 Å². The first-order chi connectivity index (χ1) is 10.1. The first-order valence-corrected chi connectivity index (χ1v) is 6.84. The molecule has 0 atom stereocenters. The molecule has 0 spiro atoms. The van der Waals surface area contributed by atoms with E-state index in [1.807, 2.05) is 12.1 Å². The lowest BCUT2D eigenvalue weighted by Gasteiger charge is -2.06. The minimum Gasteiger partial charge on any atom is -0.472 e. The molecule has 2 rings (SSSR count). The molecule has 0 radical (unpaired) electrons. The first kappa shape index (κ1) is 15.1. The summed E-state index contributed by atoms with van der Waals surface area (Å²) in [5, 5.41) is 6.08. The van der Waals surface area contributed by atoms with E-state index in [1.54, 1.807) is 18.2 Å². The Balaban J connectivity index is 1.66. The fourth-order valence-electron chi connectivity index (χ4n) is 1.68. The van der Waals surface area contributed by atoms with E-state index in [-0.39, 0.29) is 24.8 Å². The average Bonchev–Trinajstić information content (AvgIpc) is 3.01. The van der Waals surface area contributed by atoms with Crippen molar-refractivity contribution in [3.05, 3.63) is 59.0 Å². The molecule has 2 N–H and O–H groups in total. The Morgan fingerprint density at radius 3 is 2.52 bits per heavy atom. The first-order valence-electron chi connectivity index (χ1n) is 6.46. The highest BCUT2D eigenvalue weighted by atomic mass is 35.5. The van der Waals surface area contributed by atoms with Crippen LogP contribution >= 0.6 is 11.6 Å². The van der Waals surface area contributed by atoms with Crippen molar-refractivity contribution >= 4 is 23.4 Å². The van der Waals surface area contributed by atoms with Gasteiger partial charge in [-0.2, -0.15) is 0 Å². The largest absolute Gasteiger partial charge is 0.472 e. The van der Waals surface area contributed by atoms with Crippen LogP contribution in [0.5, 0.6) is 0 Å². The summed E-state index contributed by atoms with van der Waals surface area (Å²) in [6.07, 6.45) is 3.00. The standard InChI is InChI=1S/C15H15ClN2O3/c16-13-3-1-11(2-4-13)9-18-14(19)5-7-17-15(20)12-6-8-21-10-12/h1-4,6,8,10H,5,7,9H2,(H,17,20)(H,18,19). The Morgan fingerprint density at radius 1 is 1.10 bits per heavy atom. The number of hydrogen-bond acceptors (Lipinski definition) is 3. The quantitative estimate of drug-likeness (QED) is 0.860. The van der Waals surface area contributed by atoms with Gasteiger partial charge in [-0.1, -0.05) is 23.7 Å². The lowest BCUT2D eigenvalue weighted by Crippen LogP contribution is -2.30. The van der Waals surface area contributed by atoms with Gasteiger partial charge in [-0.3, -0.25) is 9.59 Å². The number of nitrogens with one attached hydrogen (secondary N) is 2. The number of amides is 2. The Morgan fingerprint density at radius 2 is 1.86 bits per heavy atom. The Hall–Kier alpha value is -2.27. The van der Waals surface area contributed by atoms with Crippen molar-refractivity contribution in [1.82, 2.24) is 10.6 Å². The molecular weight excluding hydrogens is 292 g/mol. The monoisotopic (exact) mass is 306 g/mol. The second-order valence-corrected chi connectivity index (χ2v) is 4.86. The summed E-state index contributed by atoms with van der Waals surface area (Å²) in [5.74, 6) is -0.383. The molecule has 21 heavy (non-hydrogen) atoms. The van der Waals surface area contributed by atoms with Gasteiger partial charge in [0.15, 0.2) is 0 Å². The topological polar surface area (TPSA) is 71.3 Å². The molecule has 0 bridgehead atoms. The van der Waals surface area contributed by atoms with E-state index < -0.39 is 0 Å². The number of halogens is 1. The van der Waals surface area contributed by atoms with Crippen LogP contribution in [0.1, 0.15) is 22.3 Å². The van der Waals surface area contributed by atoms with E-state index in [2.05, 4.69) is 10.6 Å². The predicted molar refractivity (Wildman–Crippen MR) is 79.0 cm³/mol. The van der Waals surface area contributed by atoms with Gasteiger partial charge in [-0.05, 0) is 23.8 Å². The van der Waals surface area contributed by atoms with Gasteiger partial charge in [0, 0.05) is 24.5 Å². The lowest BCUT2D eigenvalue weighted by molar-refractivity contribution is -0.121. The third kappa shape index (κ3) is 4.96. The van der Waals surface area contributed by atoms with Crippen molar-refractivity contribution in [2.24, 2.45) is 0 Å². The smallest absolute Gasteiger partial charge is 0.254 e. The van der Waals surface area contributed by atoms with Crippen molar-refractivity contribution in [1.29, 1.82) is 0 Å². The maximum absolute atomic E-state index is 11.6. The summed E-state index contributed by atoms with van der Waals surface area (Å²) in [4.78, 5) is 23.2. The Bertz CT molecular complexity index is 594. The number of furan rings is 1. The third-order valence-electron chi connectivity index (χ3n) is 2.82. The van der Waals surface area contributed by atoms with Crippen LogP contribution in [0.4, 0.5) is 0 Å². The highest BCUT2D eigenvalue weighted by molar-refractivity contribution is 6.30. The van der Waals surface area contributed by atoms with Gasteiger partial charge in [0.2, 0.25) is 5.91 Å². The van der Waals surface area contributed by atoms with Gasteiger partial charge in [-0.15, -0.1) is 0 Å². The number of hydrogen-bond donors (Lipinski definition) is 2. The summed E-state index contributed by atoms with van der Waals surface area (Å²) in [5.41, 5.74) is 1.41. The van der Waals surface area contributed by atoms with Gasteiger partial charge < -0.3 is 15.1 Å². The fraction of sp³-hybridized carbons (Fsp3) is 0.200. The highest BCUT2D eigenvalue weighted by Crippen LogP contribution is 2.09. The molecule has 0 aliphatic heterocycles. The maximum Gasteiger partial charge on any atom is 0.254 e. The number of benzene rings is 1. The second kappa shape index (κ2) is 7.50. The van der Waals surface area contributed by atoms with Crippen LogP contribution in [0.25, 0.3) is 0 Å². The van der Waals surface area contributed by atoms with E-state index in [0.717, 1.165) is 5.56 Å². The molecule has 0 saturated carbocycles. The molecule has 2 aromatic rings. The van der Waals surface area contributed by atoms with E-state index >= 15 is 0 Å². The van der Waals surface area contributed by atoms with E-state index in [0.29, 0.717) is 17.1 Å². The van der Waals surface area contributed by atoms with E-state index in [9.17, 15) is 9.59 Å². The second-order valence-electron chi connectivity index (χ2n) is 4.42. The van der Waals surface area contributed by atoms with Crippen molar-refractivity contribution in [2.75, 3.05) is 6.54 Å². The van der Waals surface area contributed by atoms with Gasteiger partial charge in [0.25, 0.3) is 5.91 Å². The SMILES string of the molecule is O=C(CCNC(=O)c1ccoc1)NCc1ccc(Cl)cc1. The van der Waals surface area contributed by atoms with Crippen molar-refractivity contribution in [2.45, 2.75) is 13.0 Å². The summed E-state index contributed by atoms with van der Waals surface area (Å²) in [7, 11) is 0. The lowest BCUT2D eigenvalue weighted by atomic mass is 10.2. The molecule has 2 amide bonds. The Labute approximate surface area is 127 Å². The summed E-state index contributed by atoms with van der Waals surface area (Å²) in [6, 6.07) is 8.81. The molecule has 0 unspecified atom stereocenters. The molecule has 110 valence electrons. The van der Waals surface area contributed by atoms with Gasteiger partial charge in [0.1, 0.15) is 6.26 Å². The third-order valence-corrected chi connectivity index (χ3v) is 3.08. The van der Waals surface area contributed by atoms with Crippen LogP contribution in [0.15, 0.2) is 47.3 Å². The molecule has 0 saturated heterocycles. The molecular formula is C15H15ClN2O3. The van der Waals surface area contributed by atoms with Crippen LogP contribution in [0.2, 0.25) is 5.02 Å². The maximum atomic E-state index is 11.6. The predicted octanol–water partition coefficient (Wildman–Crippen LogP) is 2.37. The van der Waals surface area contributed by atoms with Gasteiger partial charge >= 0.3 is 0 Å². The van der Waals surface area contributed by atoms with Crippen LogP contribution in [-0.4, -0.2) is 18.4 Å². The minimum absolute atomic E-state index is 0.127. The zero-order valence-corrected chi connectivity index (χ0v) is 12.0. The van der Waals surface area contributed by atoms with Crippen LogP contribution in [-0.2, 0) is 11.3 Å².